The van der Waals surface area contributed by atoms with Gasteiger partial charge in [-0.05, 0) is 6.07 Å². The van der Waals surface area contributed by atoms with Gasteiger partial charge in [0.1, 0.15) is 11.5 Å². The van der Waals surface area contributed by atoms with Crippen molar-refractivity contribution in [2.24, 2.45) is 0 Å². The van der Waals surface area contributed by atoms with E-state index in [9.17, 15) is 4.79 Å². The number of halogens is 1. The maximum atomic E-state index is 11.9. The van der Waals surface area contributed by atoms with E-state index in [0.29, 0.717) is 28.0 Å². The van der Waals surface area contributed by atoms with Crippen LogP contribution in [0.25, 0.3) is 0 Å². The van der Waals surface area contributed by atoms with Gasteiger partial charge in [0.05, 0.1) is 30.7 Å². The van der Waals surface area contributed by atoms with Crippen molar-refractivity contribution in [3.63, 3.8) is 0 Å². The summed E-state index contributed by atoms with van der Waals surface area (Å²) in [7, 11) is 3.06. The molecule has 0 fully saturated rings. The molecule has 0 saturated heterocycles. The summed E-state index contributed by atoms with van der Waals surface area (Å²) in [6.45, 7) is 6.20. The Bertz CT molecular complexity index is 486. The van der Waals surface area contributed by atoms with Crippen LogP contribution in [0.1, 0.15) is 20.8 Å². The summed E-state index contributed by atoms with van der Waals surface area (Å²) >= 11 is 7.63. The van der Waals surface area contributed by atoms with Crippen LogP contribution < -0.4 is 14.8 Å². The van der Waals surface area contributed by atoms with Crippen LogP contribution in [-0.2, 0) is 4.79 Å². The minimum atomic E-state index is -0.0931. The maximum Gasteiger partial charge on any atom is 0.234 e. The fraction of sp³-hybridized carbons (Fsp3) is 0.500. The lowest BCUT2D eigenvalue weighted by molar-refractivity contribution is -0.113. The van der Waals surface area contributed by atoms with Gasteiger partial charge < -0.3 is 14.8 Å². The Kier molecular flexibility index (Phi) is 6.02. The van der Waals surface area contributed by atoms with E-state index in [0.717, 1.165) is 0 Å². The third kappa shape index (κ3) is 5.13. The largest absolute Gasteiger partial charge is 0.495 e. The van der Waals surface area contributed by atoms with Gasteiger partial charge in [0.25, 0.3) is 0 Å². The van der Waals surface area contributed by atoms with Gasteiger partial charge in [-0.1, -0.05) is 32.4 Å². The van der Waals surface area contributed by atoms with Crippen molar-refractivity contribution in [1.82, 2.24) is 0 Å². The number of hydrogen-bond acceptors (Lipinski definition) is 4. The number of nitrogens with one attached hydrogen (secondary N) is 1. The maximum absolute atomic E-state index is 11.9. The van der Waals surface area contributed by atoms with Gasteiger partial charge in [-0.3, -0.25) is 4.79 Å². The molecular weight excluding hydrogens is 298 g/mol. The molecular formula is C14H20ClNO3S. The molecule has 1 amide bonds. The highest BCUT2D eigenvalue weighted by Crippen LogP contribution is 2.36. The molecule has 0 unspecified atom stereocenters. The second-order valence-electron chi connectivity index (χ2n) is 5.14. The number of carbonyl (C=O) groups excluding carboxylic acids is 1. The quantitative estimate of drug-likeness (QED) is 0.896. The smallest absolute Gasteiger partial charge is 0.234 e. The fourth-order valence-electron chi connectivity index (χ4n) is 1.43. The van der Waals surface area contributed by atoms with Crippen LogP contribution >= 0.6 is 23.4 Å². The molecule has 0 bridgehead atoms. The molecule has 6 heteroatoms. The Morgan fingerprint density at radius 3 is 2.35 bits per heavy atom. The van der Waals surface area contributed by atoms with Gasteiger partial charge in [0, 0.05) is 10.8 Å². The van der Waals surface area contributed by atoms with Crippen molar-refractivity contribution in [2.75, 3.05) is 25.3 Å². The Labute approximate surface area is 129 Å². The summed E-state index contributed by atoms with van der Waals surface area (Å²) in [5.41, 5.74) is 0.540. The molecule has 0 aliphatic carbocycles. The second kappa shape index (κ2) is 7.09. The Morgan fingerprint density at radius 1 is 1.25 bits per heavy atom. The Hall–Kier alpha value is -1.07. The zero-order valence-corrected chi connectivity index (χ0v) is 13.9. The van der Waals surface area contributed by atoms with E-state index in [1.807, 2.05) is 0 Å². The minimum absolute atomic E-state index is 0.0407. The molecule has 0 saturated carbocycles. The van der Waals surface area contributed by atoms with Crippen LogP contribution in [0.2, 0.25) is 5.02 Å². The van der Waals surface area contributed by atoms with Crippen LogP contribution in [0.4, 0.5) is 5.69 Å². The second-order valence-corrected chi connectivity index (χ2v) is 7.35. The third-order valence-corrected chi connectivity index (χ3v) is 3.95. The van der Waals surface area contributed by atoms with Crippen molar-refractivity contribution in [3.05, 3.63) is 17.2 Å². The molecule has 0 radical (unpaired) electrons. The molecule has 0 heterocycles. The number of anilines is 1. The van der Waals surface area contributed by atoms with Crippen molar-refractivity contribution >= 4 is 35.0 Å². The van der Waals surface area contributed by atoms with E-state index in [1.165, 1.54) is 14.2 Å². The molecule has 0 spiro atoms. The highest BCUT2D eigenvalue weighted by atomic mass is 35.5. The van der Waals surface area contributed by atoms with E-state index in [4.69, 9.17) is 21.1 Å². The number of ether oxygens (including phenoxy) is 2. The van der Waals surface area contributed by atoms with Crippen molar-refractivity contribution < 1.29 is 14.3 Å². The first kappa shape index (κ1) is 17.0. The van der Waals surface area contributed by atoms with E-state index in [-0.39, 0.29) is 10.7 Å². The van der Waals surface area contributed by atoms with Gasteiger partial charge >= 0.3 is 0 Å². The first-order valence-corrected chi connectivity index (χ1v) is 7.48. The Balaban J connectivity index is 2.81. The lowest BCUT2D eigenvalue weighted by Gasteiger charge is -2.18. The minimum Gasteiger partial charge on any atom is -0.495 e. The number of thioether (sulfide) groups is 1. The van der Waals surface area contributed by atoms with Gasteiger partial charge in [-0.25, -0.2) is 0 Å². The summed E-state index contributed by atoms with van der Waals surface area (Å²) in [5.74, 6) is 1.30. The standard InChI is InChI=1S/C14H20ClNO3S/c1-14(2,3)20-8-13(17)16-10-6-9(15)11(18-4)7-12(10)19-5/h6-7H,8H2,1-5H3,(H,16,17). The molecule has 0 aromatic heterocycles. The van der Waals surface area contributed by atoms with Crippen LogP contribution in [0.5, 0.6) is 11.5 Å². The molecule has 1 rings (SSSR count). The molecule has 0 atom stereocenters. The molecule has 4 nitrogen and oxygen atoms in total. The lowest BCUT2D eigenvalue weighted by Crippen LogP contribution is -2.19. The summed E-state index contributed by atoms with van der Waals surface area (Å²) in [6.07, 6.45) is 0. The predicted octanol–water partition coefficient (Wildman–Crippen LogP) is 3.83. The average Bonchev–Trinajstić information content (AvgIpc) is 2.36. The predicted molar refractivity (Wildman–Crippen MR) is 85.4 cm³/mol. The van der Waals surface area contributed by atoms with Gasteiger partial charge in [-0.15, -0.1) is 11.8 Å². The molecule has 20 heavy (non-hydrogen) atoms. The molecule has 1 aromatic rings. The molecule has 112 valence electrons. The van der Waals surface area contributed by atoms with Crippen molar-refractivity contribution in [2.45, 2.75) is 25.5 Å². The van der Waals surface area contributed by atoms with Crippen LogP contribution in [0.3, 0.4) is 0 Å². The molecule has 0 aliphatic heterocycles. The number of benzene rings is 1. The lowest BCUT2D eigenvalue weighted by atomic mass is 10.2. The Morgan fingerprint density at radius 2 is 1.85 bits per heavy atom. The highest BCUT2D eigenvalue weighted by Gasteiger charge is 2.16. The van der Waals surface area contributed by atoms with E-state index >= 15 is 0 Å². The molecule has 1 aromatic carbocycles. The van der Waals surface area contributed by atoms with Crippen LogP contribution in [-0.4, -0.2) is 30.6 Å². The normalized spacial score (nSPS) is 11.1. The van der Waals surface area contributed by atoms with Gasteiger partial charge in [0.15, 0.2) is 0 Å². The van der Waals surface area contributed by atoms with E-state index < -0.39 is 0 Å². The van der Waals surface area contributed by atoms with E-state index in [2.05, 4.69) is 26.1 Å². The average molecular weight is 318 g/mol. The number of rotatable bonds is 5. The zero-order chi connectivity index (χ0) is 15.3. The van der Waals surface area contributed by atoms with Crippen LogP contribution in [0, 0.1) is 0 Å². The number of carbonyl (C=O) groups is 1. The molecule has 0 aliphatic rings. The number of hydrogen-bond donors (Lipinski definition) is 1. The van der Waals surface area contributed by atoms with Crippen molar-refractivity contribution in [1.29, 1.82) is 0 Å². The summed E-state index contributed by atoms with van der Waals surface area (Å²) in [6, 6.07) is 3.27. The number of methoxy groups -OCH3 is 2. The third-order valence-electron chi connectivity index (χ3n) is 2.38. The summed E-state index contributed by atoms with van der Waals surface area (Å²) in [4.78, 5) is 11.9. The SMILES string of the molecule is COc1cc(OC)c(NC(=O)CSC(C)(C)C)cc1Cl. The van der Waals surface area contributed by atoms with Crippen molar-refractivity contribution in [3.8, 4) is 11.5 Å². The monoisotopic (exact) mass is 317 g/mol. The zero-order valence-electron chi connectivity index (χ0n) is 12.4. The number of amides is 1. The van der Waals surface area contributed by atoms with Gasteiger partial charge in [-0.2, -0.15) is 0 Å². The van der Waals surface area contributed by atoms with Crippen LogP contribution in [0.15, 0.2) is 12.1 Å². The summed E-state index contributed by atoms with van der Waals surface area (Å²) in [5, 5.41) is 3.22. The fourth-order valence-corrected chi connectivity index (χ4v) is 2.30. The van der Waals surface area contributed by atoms with Gasteiger partial charge in [0.2, 0.25) is 5.91 Å². The first-order chi connectivity index (χ1) is 9.26. The topological polar surface area (TPSA) is 47.6 Å². The molecule has 1 N–H and O–H groups in total. The first-order valence-electron chi connectivity index (χ1n) is 6.12. The highest BCUT2D eigenvalue weighted by molar-refractivity contribution is 8.01. The van der Waals surface area contributed by atoms with E-state index in [1.54, 1.807) is 23.9 Å². The summed E-state index contributed by atoms with van der Waals surface area (Å²) < 4.78 is 10.4.